The highest BCUT2D eigenvalue weighted by Crippen LogP contribution is 2.27. The highest BCUT2D eigenvalue weighted by atomic mass is 35.5. The number of aromatic nitrogens is 2. The third-order valence-corrected chi connectivity index (χ3v) is 6.60. The molecule has 0 saturated carbocycles. The molecule has 0 bridgehead atoms. The van der Waals surface area contributed by atoms with Crippen LogP contribution in [0.4, 0.5) is 10.3 Å². The molecule has 1 amide bonds. The Morgan fingerprint density at radius 2 is 1.81 bits per heavy atom. The number of fused-ring (bicyclic) bond motifs is 1. The molecule has 36 heavy (non-hydrogen) atoms. The lowest BCUT2D eigenvalue weighted by Gasteiger charge is -2.32. The number of benzene rings is 3. The summed E-state index contributed by atoms with van der Waals surface area (Å²) in [7, 11) is 0. The van der Waals surface area contributed by atoms with E-state index in [-0.39, 0.29) is 30.2 Å². The van der Waals surface area contributed by atoms with E-state index in [1.54, 1.807) is 30.3 Å². The first kappa shape index (κ1) is 25.9. The van der Waals surface area contributed by atoms with Crippen molar-refractivity contribution in [3.8, 4) is 0 Å². The average molecular weight is 528 g/mol. The highest BCUT2D eigenvalue weighted by molar-refractivity contribution is 6.30. The molecule has 3 aromatic carbocycles. The maximum Gasteiger partial charge on any atom is 0.251 e. The number of nitrogens with one attached hydrogen (secondary N) is 1. The number of rotatable bonds is 6. The standard InChI is InChI=1S/C27H27ClFN5O.ClH/c28-21-8-3-18(4-9-21)15-31-26(35)20-7-12-24-25(14-20)34(16-19-5-10-22(29)11-6-19)27(32-24)33-13-1-2-23(30)17-33;/h3-12,14,23H,1-2,13,15-17,30H2,(H,31,35);1H. The zero-order chi connectivity index (χ0) is 24.4. The van der Waals surface area contributed by atoms with Crippen LogP contribution < -0.4 is 16.0 Å². The molecule has 5 rings (SSSR count). The van der Waals surface area contributed by atoms with Gasteiger partial charge in [0.05, 0.1) is 17.6 Å². The average Bonchev–Trinajstić information content (AvgIpc) is 3.22. The second-order valence-corrected chi connectivity index (χ2v) is 9.42. The Morgan fingerprint density at radius 1 is 1.08 bits per heavy atom. The summed E-state index contributed by atoms with van der Waals surface area (Å²) in [6.07, 6.45) is 1.99. The SMILES string of the molecule is Cl.NC1CCCN(c2nc3ccc(C(=O)NCc4ccc(Cl)cc4)cc3n2Cc2ccc(F)cc2)C1. The van der Waals surface area contributed by atoms with Gasteiger partial charge in [0, 0.05) is 36.3 Å². The van der Waals surface area contributed by atoms with Gasteiger partial charge in [-0.1, -0.05) is 35.9 Å². The summed E-state index contributed by atoms with van der Waals surface area (Å²) < 4.78 is 15.6. The van der Waals surface area contributed by atoms with Crippen LogP contribution in [0.25, 0.3) is 11.0 Å². The second kappa shape index (κ2) is 11.3. The Bertz CT molecular complexity index is 1340. The van der Waals surface area contributed by atoms with E-state index in [1.807, 2.05) is 24.3 Å². The predicted molar refractivity (Wildman–Crippen MR) is 145 cm³/mol. The molecule has 188 valence electrons. The van der Waals surface area contributed by atoms with Crippen molar-refractivity contribution in [3.05, 3.63) is 94.3 Å². The summed E-state index contributed by atoms with van der Waals surface area (Å²) in [5, 5.41) is 3.63. The van der Waals surface area contributed by atoms with E-state index in [2.05, 4.69) is 14.8 Å². The van der Waals surface area contributed by atoms with Crippen LogP contribution >= 0.6 is 24.0 Å². The molecule has 0 aliphatic carbocycles. The molecular weight excluding hydrogens is 500 g/mol. The molecule has 0 spiro atoms. The van der Waals surface area contributed by atoms with Crippen LogP contribution in [0.3, 0.4) is 0 Å². The summed E-state index contributed by atoms with van der Waals surface area (Å²) in [6.45, 7) is 2.50. The van der Waals surface area contributed by atoms with Gasteiger partial charge >= 0.3 is 0 Å². The van der Waals surface area contributed by atoms with E-state index in [0.29, 0.717) is 23.7 Å². The minimum absolute atomic E-state index is 0. The Morgan fingerprint density at radius 3 is 2.53 bits per heavy atom. The molecule has 1 atom stereocenters. The fraction of sp³-hybridized carbons (Fsp3) is 0.259. The van der Waals surface area contributed by atoms with Gasteiger partial charge in [0.15, 0.2) is 0 Å². The smallest absolute Gasteiger partial charge is 0.251 e. The van der Waals surface area contributed by atoms with Gasteiger partial charge in [-0.25, -0.2) is 9.37 Å². The van der Waals surface area contributed by atoms with Crippen LogP contribution in [0.15, 0.2) is 66.7 Å². The molecule has 6 nitrogen and oxygen atoms in total. The number of carbonyl (C=O) groups is 1. The number of piperidine rings is 1. The predicted octanol–water partition coefficient (Wildman–Crippen LogP) is 5.16. The quantitative estimate of drug-likeness (QED) is 0.363. The Kier molecular flexibility index (Phi) is 8.14. The van der Waals surface area contributed by atoms with Crippen molar-refractivity contribution in [1.82, 2.24) is 14.9 Å². The molecule has 2 heterocycles. The Balaban J connectivity index is 0.00000304. The van der Waals surface area contributed by atoms with Crippen LogP contribution in [0.2, 0.25) is 5.02 Å². The minimum atomic E-state index is -0.272. The van der Waals surface area contributed by atoms with Crippen LogP contribution in [0.1, 0.15) is 34.3 Å². The summed E-state index contributed by atoms with van der Waals surface area (Å²) in [4.78, 5) is 20.1. The van der Waals surface area contributed by atoms with Crippen molar-refractivity contribution >= 4 is 46.9 Å². The van der Waals surface area contributed by atoms with Crippen LogP contribution in [-0.4, -0.2) is 34.6 Å². The largest absolute Gasteiger partial charge is 0.348 e. The van der Waals surface area contributed by atoms with E-state index in [9.17, 15) is 9.18 Å². The lowest BCUT2D eigenvalue weighted by atomic mass is 10.1. The molecule has 0 radical (unpaired) electrons. The summed E-state index contributed by atoms with van der Waals surface area (Å²) in [5.74, 6) is 0.377. The molecule has 1 aliphatic rings. The zero-order valence-corrected chi connectivity index (χ0v) is 21.2. The van der Waals surface area contributed by atoms with Crippen molar-refractivity contribution in [2.75, 3.05) is 18.0 Å². The first-order valence-electron chi connectivity index (χ1n) is 11.7. The van der Waals surface area contributed by atoms with Crippen molar-refractivity contribution < 1.29 is 9.18 Å². The van der Waals surface area contributed by atoms with Gasteiger partial charge in [-0.2, -0.15) is 0 Å². The van der Waals surface area contributed by atoms with Crippen molar-refractivity contribution in [2.45, 2.75) is 32.0 Å². The normalized spacial score (nSPS) is 15.5. The van der Waals surface area contributed by atoms with Gasteiger partial charge in [0.1, 0.15) is 5.82 Å². The Labute approximate surface area is 220 Å². The monoisotopic (exact) mass is 527 g/mol. The van der Waals surface area contributed by atoms with Crippen molar-refractivity contribution in [1.29, 1.82) is 0 Å². The first-order valence-corrected chi connectivity index (χ1v) is 12.1. The zero-order valence-electron chi connectivity index (χ0n) is 19.7. The first-order chi connectivity index (χ1) is 17.0. The van der Waals surface area contributed by atoms with Crippen molar-refractivity contribution in [2.24, 2.45) is 5.73 Å². The highest BCUT2D eigenvalue weighted by Gasteiger charge is 2.23. The van der Waals surface area contributed by atoms with Gasteiger partial charge in [0.2, 0.25) is 5.95 Å². The fourth-order valence-electron chi connectivity index (χ4n) is 4.50. The van der Waals surface area contributed by atoms with Gasteiger partial charge < -0.3 is 20.5 Å². The molecule has 4 aromatic rings. The van der Waals surface area contributed by atoms with E-state index in [4.69, 9.17) is 22.3 Å². The van der Waals surface area contributed by atoms with Gasteiger partial charge in [-0.3, -0.25) is 4.79 Å². The molecule has 1 saturated heterocycles. The maximum atomic E-state index is 13.5. The van der Waals surface area contributed by atoms with Crippen LogP contribution in [-0.2, 0) is 13.1 Å². The summed E-state index contributed by atoms with van der Waals surface area (Å²) in [6, 6.07) is 19.5. The van der Waals surface area contributed by atoms with E-state index in [0.717, 1.165) is 54.0 Å². The van der Waals surface area contributed by atoms with E-state index in [1.165, 1.54) is 12.1 Å². The second-order valence-electron chi connectivity index (χ2n) is 8.99. The van der Waals surface area contributed by atoms with Gasteiger partial charge in [0.25, 0.3) is 5.91 Å². The molecule has 1 unspecified atom stereocenters. The number of carbonyl (C=O) groups excluding carboxylic acids is 1. The number of nitrogens with zero attached hydrogens (tertiary/aromatic N) is 3. The molecule has 1 aromatic heterocycles. The van der Waals surface area contributed by atoms with Crippen LogP contribution in [0, 0.1) is 5.82 Å². The minimum Gasteiger partial charge on any atom is -0.348 e. The number of hydrogen-bond donors (Lipinski definition) is 2. The third kappa shape index (κ3) is 5.81. The topological polar surface area (TPSA) is 76.2 Å². The van der Waals surface area contributed by atoms with E-state index < -0.39 is 0 Å². The summed E-state index contributed by atoms with van der Waals surface area (Å²) >= 11 is 5.95. The summed E-state index contributed by atoms with van der Waals surface area (Å²) in [5.41, 5.74) is 10.4. The van der Waals surface area contributed by atoms with Gasteiger partial charge in [-0.05, 0) is 66.4 Å². The molecular formula is C27H28Cl2FN5O. The van der Waals surface area contributed by atoms with Crippen molar-refractivity contribution in [3.63, 3.8) is 0 Å². The molecule has 9 heteroatoms. The molecule has 3 N–H and O–H groups in total. The number of halogens is 3. The lowest BCUT2D eigenvalue weighted by molar-refractivity contribution is 0.0951. The number of imidazole rings is 1. The number of nitrogens with two attached hydrogens (primary N) is 1. The van der Waals surface area contributed by atoms with Gasteiger partial charge in [-0.15, -0.1) is 12.4 Å². The lowest BCUT2D eigenvalue weighted by Crippen LogP contribution is -2.44. The maximum absolute atomic E-state index is 13.5. The number of hydrogen-bond acceptors (Lipinski definition) is 4. The number of amides is 1. The van der Waals surface area contributed by atoms with E-state index >= 15 is 0 Å². The number of anilines is 1. The van der Waals surface area contributed by atoms with Crippen LogP contribution in [0.5, 0.6) is 0 Å². The molecule has 1 aliphatic heterocycles. The fourth-order valence-corrected chi connectivity index (χ4v) is 4.63. The third-order valence-electron chi connectivity index (χ3n) is 6.35. The Hall–Kier alpha value is -3.13. The molecule has 1 fully saturated rings.